The maximum Gasteiger partial charge on any atom is 0.123 e. The molecule has 0 spiro atoms. The molecule has 2 heterocycles. The lowest BCUT2D eigenvalue weighted by Crippen LogP contribution is -2.39. The van der Waals surface area contributed by atoms with Gasteiger partial charge in [-0.2, -0.15) is 0 Å². The van der Waals surface area contributed by atoms with E-state index in [0.717, 1.165) is 38.4 Å². The van der Waals surface area contributed by atoms with E-state index >= 15 is 0 Å². The van der Waals surface area contributed by atoms with E-state index in [2.05, 4.69) is 19.2 Å². The minimum absolute atomic E-state index is 0.136. The van der Waals surface area contributed by atoms with Crippen LogP contribution in [0, 0.1) is 5.92 Å². The molecule has 108 valence electrons. The second-order valence-electron chi connectivity index (χ2n) is 5.55. The van der Waals surface area contributed by atoms with Crippen molar-refractivity contribution in [2.75, 3.05) is 26.4 Å². The van der Waals surface area contributed by atoms with Gasteiger partial charge in [0.25, 0.3) is 0 Å². The van der Waals surface area contributed by atoms with Crippen LogP contribution in [0.3, 0.4) is 0 Å². The van der Waals surface area contributed by atoms with Crippen molar-refractivity contribution < 1.29 is 13.9 Å². The first-order valence-electron chi connectivity index (χ1n) is 7.20. The minimum atomic E-state index is 0.136. The third-order valence-corrected chi connectivity index (χ3v) is 3.28. The largest absolute Gasteiger partial charge is 0.468 e. The lowest BCUT2D eigenvalue weighted by atomic mass is 10.1. The Kier molecular flexibility index (Phi) is 5.89. The van der Waals surface area contributed by atoms with Crippen LogP contribution in [-0.4, -0.2) is 32.5 Å². The zero-order chi connectivity index (χ0) is 13.5. The second kappa shape index (κ2) is 7.68. The molecule has 1 aromatic rings. The van der Waals surface area contributed by atoms with Crippen LogP contribution in [0.5, 0.6) is 0 Å². The highest BCUT2D eigenvalue weighted by Crippen LogP contribution is 2.18. The molecular weight excluding hydrogens is 242 g/mol. The number of nitrogens with one attached hydrogen (secondary N) is 1. The van der Waals surface area contributed by atoms with Gasteiger partial charge in [0, 0.05) is 25.9 Å². The molecule has 2 rings (SSSR count). The molecule has 0 radical (unpaired) electrons. The Morgan fingerprint density at radius 1 is 1.32 bits per heavy atom. The molecule has 0 amide bonds. The molecule has 1 saturated heterocycles. The van der Waals surface area contributed by atoms with Crippen molar-refractivity contribution in [1.29, 1.82) is 0 Å². The molecular formula is C15H25NO3. The number of furan rings is 1. The predicted molar refractivity (Wildman–Crippen MR) is 74.1 cm³/mol. The van der Waals surface area contributed by atoms with Gasteiger partial charge in [0.15, 0.2) is 0 Å². The molecule has 4 heteroatoms. The van der Waals surface area contributed by atoms with Crippen LogP contribution >= 0.6 is 0 Å². The lowest BCUT2D eigenvalue weighted by Gasteiger charge is -2.27. The molecule has 1 aromatic heterocycles. The third kappa shape index (κ3) is 4.97. The first kappa shape index (κ1) is 14.6. The van der Waals surface area contributed by atoms with Gasteiger partial charge in [-0.1, -0.05) is 13.8 Å². The summed E-state index contributed by atoms with van der Waals surface area (Å²) in [5.41, 5.74) is 0. The first-order chi connectivity index (χ1) is 9.25. The van der Waals surface area contributed by atoms with Gasteiger partial charge in [0.05, 0.1) is 18.9 Å². The molecule has 0 unspecified atom stereocenters. The van der Waals surface area contributed by atoms with Gasteiger partial charge in [-0.25, -0.2) is 0 Å². The number of hydrogen-bond donors (Lipinski definition) is 1. The second-order valence-corrected chi connectivity index (χ2v) is 5.55. The summed E-state index contributed by atoms with van der Waals surface area (Å²) in [6.45, 7) is 7.45. The van der Waals surface area contributed by atoms with Gasteiger partial charge < -0.3 is 19.2 Å². The topological polar surface area (TPSA) is 43.6 Å². The predicted octanol–water partition coefficient (Wildman–Crippen LogP) is 2.76. The van der Waals surface area contributed by atoms with E-state index in [1.165, 1.54) is 0 Å². The monoisotopic (exact) mass is 267 g/mol. The molecule has 0 aliphatic carbocycles. The molecule has 19 heavy (non-hydrogen) atoms. The Morgan fingerprint density at radius 3 is 2.74 bits per heavy atom. The van der Waals surface area contributed by atoms with Gasteiger partial charge in [0.1, 0.15) is 5.76 Å². The minimum Gasteiger partial charge on any atom is -0.468 e. The van der Waals surface area contributed by atoms with Crippen molar-refractivity contribution in [2.24, 2.45) is 5.92 Å². The van der Waals surface area contributed by atoms with Gasteiger partial charge in [-0.3, -0.25) is 0 Å². The highest BCUT2D eigenvalue weighted by atomic mass is 16.5. The van der Waals surface area contributed by atoms with Gasteiger partial charge >= 0.3 is 0 Å². The number of hydrogen-bond acceptors (Lipinski definition) is 4. The first-order valence-corrected chi connectivity index (χ1v) is 7.20. The molecule has 0 bridgehead atoms. The van der Waals surface area contributed by atoms with Crippen molar-refractivity contribution >= 4 is 0 Å². The van der Waals surface area contributed by atoms with Crippen LogP contribution in [0.15, 0.2) is 22.8 Å². The Balaban J connectivity index is 1.86. The summed E-state index contributed by atoms with van der Waals surface area (Å²) in [5.74, 6) is 1.51. The Labute approximate surface area is 115 Å². The average Bonchev–Trinajstić information content (AvgIpc) is 2.92. The fraction of sp³-hybridized carbons (Fsp3) is 0.733. The zero-order valence-electron chi connectivity index (χ0n) is 11.9. The van der Waals surface area contributed by atoms with Crippen LogP contribution < -0.4 is 5.32 Å². The van der Waals surface area contributed by atoms with Crippen LogP contribution in [0.2, 0.25) is 0 Å². The van der Waals surface area contributed by atoms with E-state index < -0.39 is 0 Å². The van der Waals surface area contributed by atoms with E-state index in [4.69, 9.17) is 13.9 Å². The maximum absolute atomic E-state index is 5.77. The molecule has 0 aromatic carbocycles. The fourth-order valence-corrected chi connectivity index (χ4v) is 2.27. The summed E-state index contributed by atoms with van der Waals surface area (Å²) in [4.78, 5) is 0. The highest BCUT2D eigenvalue weighted by molar-refractivity contribution is 5.05. The third-order valence-electron chi connectivity index (χ3n) is 3.28. The maximum atomic E-state index is 5.77. The van der Waals surface area contributed by atoms with E-state index in [1.807, 2.05) is 12.1 Å². The van der Waals surface area contributed by atoms with Crippen LogP contribution in [0.25, 0.3) is 0 Å². The van der Waals surface area contributed by atoms with Crippen LogP contribution in [-0.2, 0) is 9.47 Å². The lowest BCUT2D eigenvalue weighted by molar-refractivity contribution is 0.0540. The zero-order valence-corrected chi connectivity index (χ0v) is 11.9. The summed E-state index contributed by atoms with van der Waals surface area (Å²) < 4.78 is 16.7. The number of rotatable bonds is 7. The summed E-state index contributed by atoms with van der Waals surface area (Å²) in [6, 6.07) is 4.56. The molecule has 1 N–H and O–H groups in total. The molecule has 1 fully saturated rings. The summed E-state index contributed by atoms with van der Waals surface area (Å²) in [6.07, 6.45) is 3.83. The molecule has 1 atom stereocenters. The normalized spacial score (nSPS) is 18.9. The molecule has 0 saturated carbocycles. The van der Waals surface area contributed by atoms with Gasteiger partial charge in [-0.05, 0) is 30.9 Å². The summed E-state index contributed by atoms with van der Waals surface area (Å²) in [5, 5.41) is 3.63. The molecule has 1 aliphatic heterocycles. The van der Waals surface area contributed by atoms with E-state index in [-0.39, 0.29) is 6.04 Å². The fourth-order valence-electron chi connectivity index (χ4n) is 2.27. The van der Waals surface area contributed by atoms with Crippen molar-refractivity contribution in [3.63, 3.8) is 0 Å². The van der Waals surface area contributed by atoms with Crippen molar-refractivity contribution in [3.05, 3.63) is 24.2 Å². The SMILES string of the molecule is CC(C)COC[C@H](NC1CCOCC1)c1ccco1. The van der Waals surface area contributed by atoms with Gasteiger partial charge in [-0.15, -0.1) is 0 Å². The Hall–Kier alpha value is -0.840. The Bertz CT molecular complexity index is 331. The summed E-state index contributed by atoms with van der Waals surface area (Å²) in [7, 11) is 0. The highest BCUT2D eigenvalue weighted by Gasteiger charge is 2.21. The molecule has 1 aliphatic rings. The average molecular weight is 267 g/mol. The van der Waals surface area contributed by atoms with Crippen molar-refractivity contribution in [3.8, 4) is 0 Å². The quantitative estimate of drug-likeness (QED) is 0.825. The van der Waals surface area contributed by atoms with Crippen LogP contribution in [0.4, 0.5) is 0 Å². The van der Waals surface area contributed by atoms with Crippen molar-refractivity contribution in [1.82, 2.24) is 5.32 Å². The van der Waals surface area contributed by atoms with E-state index in [9.17, 15) is 0 Å². The standard InChI is InChI=1S/C15H25NO3/c1-12(2)10-18-11-14(15-4-3-7-19-15)16-13-5-8-17-9-6-13/h3-4,7,12-14,16H,5-6,8-11H2,1-2H3/t14-/m0/s1. The Morgan fingerprint density at radius 2 is 2.11 bits per heavy atom. The summed E-state index contributed by atoms with van der Waals surface area (Å²) >= 11 is 0. The van der Waals surface area contributed by atoms with E-state index in [1.54, 1.807) is 6.26 Å². The van der Waals surface area contributed by atoms with Gasteiger partial charge in [0.2, 0.25) is 0 Å². The smallest absolute Gasteiger partial charge is 0.123 e. The van der Waals surface area contributed by atoms with E-state index in [0.29, 0.717) is 18.6 Å². The van der Waals surface area contributed by atoms with Crippen molar-refractivity contribution in [2.45, 2.75) is 38.8 Å². The molecule has 4 nitrogen and oxygen atoms in total. The van der Waals surface area contributed by atoms with Crippen LogP contribution in [0.1, 0.15) is 38.5 Å². The number of ether oxygens (including phenoxy) is 2.